The molecule has 0 radical (unpaired) electrons. The fourth-order valence-electron chi connectivity index (χ4n) is 3.09. The Morgan fingerprint density at radius 3 is 2.78 bits per heavy atom. The zero-order valence-electron chi connectivity index (χ0n) is 11.5. The van der Waals surface area contributed by atoms with E-state index >= 15 is 0 Å². The summed E-state index contributed by atoms with van der Waals surface area (Å²) >= 11 is 0. The third-order valence-electron chi connectivity index (χ3n) is 4.28. The number of hydrogen-bond acceptors (Lipinski definition) is 4. The third kappa shape index (κ3) is 3.23. The zero-order chi connectivity index (χ0) is 13.0. The molecule has 2 atom stereocenters. The summed E-state index contributed by atoms with van der Waals surface area (Å²) in [5, 5.41) is 8.91. The van der Waals surface area contributed by atoms with Gasteiger partial charge in [-0.05, 0) is 39.7 Å². The number of ether oxygens (including phenoxy) is 2. The van der Waals surface area contributed by atoms with E-state index in [1.165, 1.54) is 0 Å². The quantitative estimate of drug-likeness (QED) is 0.768. The Kier molecular flexibility index (Phi) is 4.60. The van der Waals surface area contributed by atoms with Crippen LogP contribution in [0.25, 0.3) is 0 Å². The summed E-state index contributed by atoms with van der Waals surface area (Å²) in [6.07, 6.45) is 4.21. The molecule has 0 aliphatic carbocycles. The lowest BCUT2D eigenvalue weighted by atomic mass is 9.83. The maximum atomic E-state index is 8.91. The van der Waals surface area contributed by atoms with Gasteiger partial charge in [-0.25, -0.2) is 0 Å². The average molecular weight is 252 g/mol. The lowest BCUT2D eigenvalue weighted by Gasteiger charge is -2.45. The minimum Gasteiger partial charge on any atom is -0.381 e. The second-order valence-corrected chi connectivity index (χ2v) is 5.76. The summed E-state index contributed by atoms with van der Waals surface area (Å²) in [7, 11) is 2.14. The molecular formula is C14H24N2O2. The Bertz CT molecular complexity index is 302. The van der Waals surface area contributed by atoms with Gasteiger partial charge in [0.1, 0.15) is 0 Å². The Hall–Kier alpha value is -0.630. The molecule has 0 bridgehead atoms. The number of nitriles is 1. The molecule has 0 aromatic heterocycles. The van der Waals surface area contributed by atoms with Gasteiger partial charge in [0.25, 0.3) is 0 Å². The van der Waals surface area contributed by atoms with Crippen LogP contribution in [0.2, 0.25) is 0 Å². The number of rotatable bonds is 3. The van der Waals surface area contributed by atoms with Crippen LogP contribution in [-0.2, 0) is 9.47 Å². The minimum absolute atomic E-state index is 0.0469. The smallest absolute Gasteiger partial charge is 0.0741 e. The normalized spacial score (nSPS) is 29.1. The molecule has 2 aliphatic heterocycles. The highest BCUT2D eigenvalue weighted by Crippen LogP contribution is 2.35. The van der Waals surface area contributed by atoms with Gasteiger partial charge in [0.2, 0.25) is 0 Å². The lowest BCUT2D eigenvalue weighted by molar-refractivity contribution is -0.150. The van der Waals surface area contributed by atoms with Crippen LogP contribution in [0, 0.1) is 17.2 Å². The van der Waals surface area contributed by atoms with Crippen LogP contribution >= 0.6 is 0 Å². The van der Waals surface area contributed by atoms with Gasteiger partial charge in [0, 0.05) is 32.4 Å². The van der Waals surface area contributed by atoms with Crippen LogP contribution in [0.1, 0.15) is 32.6 Å². The first-order chi connectivity index (χ1) is 8.65. The summed E-state index contributed by atoms with van der Waals surface area (Å²) in [5.74, 6) is 0.100. The van der Waals surface area contributed by atoms with Crippen LogP contribution in [-0.4, -0.2) is 50.0 Å². The minimum atomic E-state index is 0.0469. The van der Waals surface area contributed by atoms with Crippen LogP contribution in [0.15, 0.2) is 0 Å². The van der Waals surface area contributed by atoms with Crippen molar-refractivity contribution in [3.63, 3.8) is 0 Å². The first-order valence-electron chi connectivity index (χ1n) is 6.97. The first kappa shape index (κ1) is 13.8. The molecule has 1 spiro atoms. The lowest BCUT2D eigenvalue weighted by Crippen LogP contribution is -2.50. The molecule has 4 heteroatoms. The van der Waals surface area contributed by atoms with Crippen molar-refractivity contribution in [1.29, 1.82) is 5.26 Å². The Morgan fingerprint density at radius 2 is 2.11 bits per heavy atom. The van der Waals surface area contributed by atoms with Gasteiger partial charge in [0.15, 0.2) is 0 Å². The van der Waals surface area contributed by atoms with Crippen molar-refractivity contribution in [3.05, 3.63) is 0 Å². The van der Waals surface area contributed by atoms with E-state index in [4.69, 9.17) is 14.7 Å². The van der Waals surface area contributed by atoms with Gasteiger partial charge < -0.3 is 14.4 Å². The van der Waals surface area contributed by atoms with Gasteiger partial charge in [-0.15, -0.1) is 0 Å². The summed E-state index contributed by atoms with van der Waals surface area (Å²) < 4.78 is 11.5. The highest BCUT2D eigenvalue weighted by Gasteiger charge is 2.40. The van der Waals surface area contributed by atoms with Gasteiger partial charge in [-0.3, -0.25) is 0 Å². The van der Waals surface area contributed by atoms with E-state index in [0.717, 1.165) is 52.0 Å². The predicted molar refractivity (Wildman–Crippen MR) is 69.2 cm³/mol. The monoisotopic (exact) mass is 252 g/mol. The van der Waals surface area contributed by atoms with Crippen LogP contribution in [0.3, 0.4) is 0 Å². The van der Waals surface area contributed by atoms with Crippen molar-refractivity contribution in [3.8, 4) is 6.07 Å². The first-order valence-corrected chi connectivity index (χ1v) is 6.97. The average Bonchev–Trinajstić information content (AvgIpc) is 2.39. The van der Waals surface area contributed by atoms with Crippen molar-refractivity contribution in [2.45, 2.75) is 44.2 Å². The molecule has 2 unspecified atom stereocenters. The van der Waals surface area contributed by atoms with E-state index < -0.39 is 0 Å². The molecule has 0 N–H and O–H groups in total. The highest BCUT2D eigenvalue weighted by atomic mass is 16.5. The maximum absolute atomic E-state index is 8.91. The van der Waals surface area contributed by atoms with Gasteiger partial charge >= 0.3 is 0 Å². The highest BCUT2D eigenvalue weighted by molar-refractivity contribution is 4.93. The van der Waals surface area contributed by atoms with Crippen molar-refractivity contribution in [2.75, 3.05) is 33.4 Å². The van der Waals surface area contributed by atoms with E-state index in [2.05, 4.69) is 18.0 Å². The standard InChI is InChI=1S/C14H24N2O2/c1-12(10-15)11-16(2)13-3-6-18-14(9-13)4-7-17-8-5-14/h12-13H,3-9,11H2,1-2H3. The van der Waals surface area contributed by atoms with Crippen LogP contribution < -0.4 is 0 Å². The second kappa shape index (κ2) is 6.01. The molecule has 4 nitrogen and oxygen atoms in total. The molecule has 2 rings (SSSR count). The molecule has 0 aromatic rings. The van der Waals surface area contributed by atoms with Gasteiger partial charge in [-0.2, -0.15) is 5.26 Å². The van der Waals surface area contributed by atoms with Gasteiger partial charge in [-0.1, -0.05) is 0 Å². The van der Waals surface area contributed by atoms with E-state index in [1.807, 2.05) is 6.92 Å². The van der Waals surface area contributed by atoms with E-state index in [1.54, 1.807) is 0 Å². The van der Waals surface area contributed by atoms with Crippen molar-refractivity contribution >= 4 is 0 Å². The fourth-order valence-corrected chi connectivity index (χ4v) is 3.09. The van der Waals surface area contributed by atoms with E-state index in [9.17, 15) is 0 Å². The molecule has 2 fully saturated rings. The Morgan fingerprint density at radius 1 is 1.39 bits per heavy atom. The van der Waals surface area contributed by atoms with Crippen molar-refractivity contribution < 1.29 is 9.47 Å². The van der Waals surface area contributed by atoms with E-state index in [0.29, 0.717) is 6.04 Å². The fraction of sp³-hybridized carbons (Fsp3) is 0.929. The Labute approximate surface area is 110 Å². The summed E-state index contributed by atoms with van der Waals surface area (Å²) in [5.41, 5.74) is 0.0469. The molecular weight excluding hydrogens is 228 g/mol. The molecule has 0 aromatic carbocycles. The van der Waals surface area contributed by atoms with Crippen LogP contribution in [0.4, 0.5) is 0 Å². The molecule has 0 saturated carbocycles. The number of nitrogens with zero attached hydrogens (tertiary/aromatic N) is 2. The van der Waals surface area contributed by atoms with Gasteiger partial charge in [0.05, 0.1) is 17.6 Å². The summed E-state index contributed by atoms with van der Waals surface area (Å²) in [6, 6.07) is 2.86. The topological polar surface area (TPSA) is 45.5 Å². The van der Waals surface area contributed by atoms with Crippen molar-refractivity contribution in [1.82, 2.24) is 4.90 Å². The molecule has 0 amide bonds. The molecule has 2 saturated heterocycles. The zero-order valence-corrected chi connectivity index (χ0v) is 11.5. The molecule has 2 aliphatic rings. The number of hydrogen-bond donors (Lipinski definition) is 0. The van der Waals surface area contributed by atoms with Crippen LogP contribution in [0.5, 0.6) is 0 Å². The summed E-state index contributed by atoms with van der Waals surface area (Å²) in [6.45, 7) is 5.33. The third-order valence-corrected chi connectivity index (χ3v) is 4.28. The van der Waals surface area contributed by atoms with E-state index in [-0.39, 0.29) is 11.5 Å². The second-order valence-electron chi connectivity index (χ2n) is 5.76. The van der Waals surface area contributed by atoms with Crippen molar-refractivity contribution in [2.24, 2.45) is 5.92 Å². The maximum Gasteiger partial charge on any atom is 0.0741 e. The molecule has 2 heterocycles. The summed E-state index contributed by atoms with van der Waals surface area (Å²) in [4.78, 5) is 2.34. The Balaban J connectivity index is 1.91. The SMILES string of the molecule is CC(C#N)CN(C)C1CCOC2(CCOCC2)C1. The largest absolute Gasteiger partial charge is 0.381 e. The predicted octanol–water partition coefficient (Wildman–Crippen LogP) is 1.81. The molecule has 102 valence electrons. The molecule has 18 heavy (non-hydrogen) atoms.